The summed E-state index contributed by atoms with van der Waals surface area (Å²) in [5, 5.41) is 0. The third-order valence-electron chi connectivity index (χ3n) is 2.57. The summed E-state index contributed by atoms with van der Waals surface area (Å²) >= 11 is 0. The van der Waals surface area contributed by atoms with Gasteiger partial charge in [0.25, 0.3) is 0 Å². The summed E-state index contributed by atoms with van der Waals surface area (Å²) in [6.07, 6.45) is 0.426. The Balaban J connectivity index is 2.17. The Kier molecular flexibility index (Phi) is 3.90. The summed E-state index contributed by atoms with van der Waals surface area (Å²) in [6, 6.07) is 9.38. The van der Waals surface area contributed by atoms with Crippen LogP contribution in [0.25, 0.3) is 0 Å². The monoisotopic (exact) mass is 262 g/mol. The molecular formula is C15H12F2O2. The van der Waals surface area contributed by atoms with E-state index < -0.39 is 11.6 Å². The number of ether oxygens (including phenoxy) is 1. The van der Waals surface area contributed by atoms with E-state index in [2.05, 4.69) is 0 Å². The average molecular weight is 262 g/mol. The van der Waals surface area contributed by atoms with Crippen LogP contribution in [0.15, 0.2) is 42.5 Å². The number of rotatable bonds is 4. The number of Topliss-reactive ketones (excluding diaryl/α,β-unsaturated/α-hetero) is 1. The van der Waals surface area contributed by atoms with Crippen LogP contribution in [0.1, 0.15) is 23.7 Å². The van der Waals surface area contributed by atoms with Crippen LogP contribution < -0.4 is 4.74 Å². The maximum absolute atomic E-state index is 13.0. The Bertz CT molecular complexity index is 571. The predicted molar refractivity (Wildman–Crippen MR) is 67.5 cm³/mol. The van der Waals surface area contributed by atoms with Crippen molar-refractivity contribution in [3.8, 4) is 11.5 Å². The molecule has 0 heterocycles. The summed E-state index contributed by atoms with van der Waals surface area (Å²) in [6.45, 7) is 1.78. The quantitative estimate of drug-likeness (QED) is 0.766. The average Bonchev–Trinajstić information content (AvgIpc) is 2.37. The van der Waals surface area contributed by atoms with Gasteiger partial charge in [-0.25, -0.2) is 8.78 Å². The minimum absolute atomic E-state index is 0.0309. The van der Waals surface area contributed by atoms with E-state index in [1.54, 1.807) is 31.2 Å². The Morgan fingerprint density at radius 3 is 2.11 bits per heavy atom. The van der Waals surface area contributed by atoms with Crippen molar-refractivity contribution in [2.24, 2.45) is 0 Å². The molecule has 2 nitrogen and oxygen atoms in total. The molecule has 0 N–H and O–H groups in total. The van der Waals surface area contributed by atoms with Crippen LogP contribution in [0.2, 0.25) is 0 Å². The molecule has 0 atom stereocenters. The van der Waals surface area contributed by atoms with Crippen molar-refractivity contribution in [3.05, 3.63) is 59.7 Å². The number of carbonyl (C=O) groups is 1. The van der Waals surface area contributed by atoms with Gasteiger partial charge in [-0.05, 0) is 24.3 Å². The molecule has 0 aliphatic carbocycles. The lowest BCUT2D eigenvalue weighted by atomic mass is 10.1. The SMILES string of the molecule is CCC(=O)c1ccc(Oc2cc(F)cc(F)c2)cc1. The molecule has 2 aromatic rings. The number of hydrogen-bond acceptors (Lipinski definition) is 2. The third kappa shape index (κ3) is 3.37. The van der Waals surface area contributed by atoms with Crippen molar-refractivity contribution in [3.63, 3.8) is 0 Å². The van der Waals surface area contributed by atoms with Gasteiger partial charge in [-0.3, -0.25) is 4.79 Å². The van der Waals surface area contributed by atoms with Crippen molar-refractivity contribution >= 4 is 5.78 Å². The van der Waals surface area contributed by atoms with Gasteiger partial charge in [0.2, 0.25) is 0 Å². The summed E-state index contributed by atoms with van der Waals surface area (Å²) in [7, 11) is 0. The molecular weight excluding hydrogens is 250 g/mol. The first-order valence-corrected chi connectivity index (χ1v) is 5.85. The molecule has 0 saturated heterocycles. The van der Waals surface area contributed by atoms with Crippen LogP contribution in [-0.2, 0) is 0 Å². The van der Waals surface area contributed by atoms with Gasteiger partial charge in [-0.15, -0.1) is 0 Å². The largest absolute Gasteiger partial charge is 0.457 e. The van der Waals surface area contributed by atoms with Gasteiger partial charge < -0.3 is 4.74 Å². The van der Waals surface area contributed by atoms with E-state index >= 15 is 0 Å². The minimum atomic E-state index is -0.701. The summed E-state index contributed by atoms with van der Waals surface area (Å²) in [4.78, 5) is 11.4. The van der Waals surface area contributed by atoms with Crippen molar-refractivity contribution in [1.82, 2.24) is 0 Å². The number of hydrogen-bond donors (Lipinski definition) is 0. The fourth-order valence-electron chi connectivity index (χ4n) is 1.64. The summed E-state index contributed by atoms with van der Waals surface area (Å²) in [5.74, 6) is -0.881. The zero-order valence-electron chi connectivity index (χ0n) is 10.3. The van der Waals surface area contributed by atoms with Crippen molar-refractivity contribution in [2.45, 2.75) is 13.3 Å². The van der Waals surface area contributed by atoms with Gasteiger partial charge in [-0.2, -0.15) is 0 Å². The normalized spacial score (nSPS) is 10.3. The molecule has 4 heteroatoms. The predicted octanol–water partition coefficient (Wildman–Crippen LogP) is 4.35. The molecule has 0 amide bonds. The molecule has 0 unspecified atom stereocenters. The van der Waals surface area contributed by atoms with Gasteiger partial charge in [0, 0.05) is 30.2 Å². The highest BCUT2D eigenvalue weighted by atomic mass is 19.1. The standard InChI is InChI=1S/C15H12F2O2/c1-2-15(18)10-3-5-13(6-4-10)19-14-8-11(16)7-12(17)9-14/h3-9H,2H2,1H3. The molecule has 0 bridgehead atoms. The Labute approximate surface area is 109 Å². The fraction of sp³-hybridized carbons (Fsp3) is 0.133. The Morgan fingerprint density at radius 2 is 1.58 bits per heavy atom. The van der Waals surface area contributed by atoms with Crippen LogP contribution >= 0.6 is 0 Å². The highest BCUT2D eigenvalue weighted by Crippen LogP contribution is 2.23. The number of ketones is 1. The van der Waals surface area contributed by atoms with E-state index in [9.17, 15) is 13.6 Å². The lowest BCUT2D eigenvalue weighted by Gasteiger charge is -2.06. The van der Waals surface area contributed by atoms with Crippen molar-refractivity contribution in [1.29, 1.82) is 0 Å². The maximum atomic E-state index is 13.0. The topological polar surface area (TPSA) is 26.3 Å². The summed E-state index contributed by atoms with van der Waals surface area (Å²) in [5.41, 5.74) is 0.584. The van der Waals surface area contributed by atoms with E-state index in [1.165, 1.54) is 0 Å². The second-order valence-corrected chi connectivity index (χ2v) is 4.01. The molecule has 0 aliphatic rings. The molecule has 2 rings (SSSR count). The van der Waals surface area contributed by atoms with Gasteiger partial charge >= 0.3 is 0 Å². The lowest BCUT2D eigenvalue weighted by molar-refractivity contribution is 0.0988. The number of carbonyl (C=O) groups excluding carboxylic acids is 1. The molecule has 0 aliphatic heterocycles. The number of benzene rings is 2. The Hall–Kier alpha value is -2.23. The zero-order valence-corrected chi connectivity index (χ0v) is 10.3. The molecule has 98 valence electrons. The first kappa shape index (κ1) is 13.2. The van der Waals surface area contributed by atoms with Crippen LogP contribution in [0.5, 0.6) is 11.5 Å². The van der Waals surface area contributed by atoms with E-state index in [-0.39, 0.29) is 11.5 Å². The first-order chi connectivity index (χ1) is 9.08. The van der Waals surface area contributed by atoms with Gasteiger partial charge in [-0.1, -0.05) is 6.92 Å². The zero-order chi connectivity index (χ0) is 13.8. The van der Waals surface area contributed by atoms with Crippen LogP contribution in [0, 0.1) is 11.6 Å². The van der Waals surface area contributed by atoms with Gasteiger partial charge in [0.15, 0.2) is 5.78 Å². The van der Waals surface area contributed by atoms with Gasteiger partial charge in [0.05, 0.1) is 0 Å². The number of halogens is 2. The van der Waals surface area contributed by atoms with E-state index in [0.717, 1.165) is 18.2 Å². The molecule has 0 radical (unpaired) electrons. The van der Waals surface area contributed by atoms with Crippen molar-refractivity contribution in [2.75, 3.05) is 0 Å². The first-order valence-electron chi connectivity index (χ1n) is 5.85. The smallest absolute Gasteiger partial charge is 0.162 e. The molecule has 19 heavy (non-hydrogen) atoms. The second kappa shape index (κ2) is 5.61. The molecule has 2 aromatic carbocycles. The second-order valence-electron chi connectivity index (χ2n) is 4.01. The highest BCUT2D eigenvalue weighted by molar-refractivity contribution is 5.95. The van der Waals surface area contributed by atoms with Gasteiger partial charge in [0.1, 0.15) is 23.1 Å². The highest BCUT2D eigenvalue weighted by Gasteiger charge is 2.05. The summed E-state index contributed by atoms with van der Waals surface area (Å²) < 4.78 is 31.3. The van der Waals surface area contributed by atoms with Crippen molar-refractivity contribution < 1.29 is 18.3 Å². The molecule has 0 spiro atoms. The molecule has 0 saturated carbocycles. The minimum Gasteiger partial charge on any atom is -0.457 e. The van der Waals surface area contributed by atoms with Crippen LogP contribution in [-0.4, -0.2) is 5.78 Å². The fourth-order valence-corrected chi connectivity index (χ4v) is 1.64. The maximum Gasteiger partial charge on any atom is 0.162 e. The van der Waals surface area contributed by atoms with E-state index in [0.29, 0.717) is 17.7 Å². The molecule has 0 fully saturated rings. The van der Waals surface area contributed by atoms with E-state index in [4.69, 9.17) is 4.74 Å². The van der Waals surface area contributed by atoms with E-state index in [1.807, 2.05) is 0 Å². The van der Waals surface area contributed by atoms with Crippen LogP contribution in [0.4, 0.5) is 8.78 Å². The Morgan fingerprint density at radius 1 is 1.00 bits per heavy atom. The van der Waals surface area contributed by atoms with Crippen LogP contribution in [0.3, 0.4) is 0 Å². The third-order valence-corrected chi connectivity index (χ3v) is 2.57. The lowest BCUT2D eigenvalue weighted by Crippen LogP contribution is -1.95. The molecule has 0 aromatic heterocycles.